The second-order valence-electron chi connectivity index (χ2n) is 6.59. The molecule has 1 heterocycles. The topological polar surface area (TPSA) is 46.9 Å². The summed E-state index contributed by atoms with van der Waals surface area (Å²) in [6.45, 7) is 2.01. The Morgan fingerprint density at radius 1 is 1.12 bits per heavy atom. The number of hydrogen-bond donors (Lipinski definition) is 1. The first kappa shape index (κ1) is 15.6. The Labute approximate surface area is 147 Å². The molecule has 126 valence electrons. The van der Waals surface area contributed by atoms with Gasteiger partial charge in [-0.05, 0) is 67.1 Å². The summed E-state index contributed by atoms with van der Waals surface area (Å²) in [6, 6.07) is 14.2. The minimum Gasteiger partial charge on any atom is -0.346 e. The third-order valence-electron chi connectivity index (χ3n) is 4.90. The Morgan fingerprint density at radius 3 is 2.68 bits per heavy atom. The van der Waals surface area contributed by atoms with Crippen LogP contribution in [0, 0.1) is 0 Å². The maximum Gasteiger partial charge on any atom is 0.251 e. The largest absolute Gasteiger partial charge is 0.346 e. The average molecular weight is 331 g/mol. The highest BCUT2D eigenvalue weighted by Gasteiger charge is 2.16. The number of carbonyl (C=O) groups is 1. The number of carbonyl (C=O) groups excluding carboxylic acids is 1. The van der Waals surface area contributed by atoms with Crippen molar-refractivity contribution >= 4 is 5.91 Å². The SMILES string of the molecule is C[C@H](NC(=O)c1ccc2c(c1)CCC2)c1ccc(-n2ccnc2)cc1. The van der Waals surface area contributed by atoms with Gasteiger partial charge in [0.2, 0.25) is 0 Å². The zero-order valence-corrected chi connectivity index (χ0v) is 14.3. The lowest BCUT2D eigenvalue weighted by atomic mass is 10.0. The van der Waals surface area contributed by atoms with Crippen molar-refractivity contribution in [2.75, 3.05) is 0 Å². The highest BCUT2D eigenvalue weighted by molar-refractivity contribution is 5.94. The number of amides is 1. The first-order valence-electron chi connectivity index (χ1n) is 8.72. The maximum absolute atomic E-state index is 12.6. The zero-order chi connectivity index (χ0) is 17.2. The van der Waals surface area contributed by atoms with Crippen molar-refractivity contribution in [2.24, 2.45) is 0 Å². The molecule has 4 heteroatoms. The van der Waals surface area contributed by atoms with E-state index in [2.05, 4.69) is 16.4 Å². The first-order chi connectivity index (χ1) is 12.2. The molecule has 0 bridgehead atoms. The lowest BCUT2D eigenvalue weighted by molar-refractivity contribution is 0.0940. The predicted octanol–water partition coefficient (Wildman–Crippen LogP) is 3.85. The van der Waals surface area contributed by atoms with Gasteiger partial charge in [-0.3, -0.25) is 4.79 Å². The molecule has 25 heavy (non-hydrogen) atoms. The molecule has 1 amide bonds. The van der Waals surface area contributed by atoms with Gasteiger partial charge in [0.1, 0.15) is 0 Å². The van der Waals surface area contributed by atoms with Crippen LogP contribution in [0.1, 0.15) is 46.4 Å². The smallest absolute Gasteiger partial charge is 0.251 e. The van der Waals surface area contributed by atoms with Crippen LogP contribution in [0.25, 0.3) is 5.69 Å². The normalized spacial score (nSPS) is 14.1. The van der Waals surface area contributed by atoms with E-state index in [0.29, 0.717) is 0 Å². The van der Waals surface area contributed by atoms with Crippen LogP contribution in [0.2, 0.25) is 0 Å². The lowest BCUT2D eigenvalue weighted by Crippen LogP contribution is -2.26. The van der Waals surface area contributed by atoms with Crippen molar-refractivity contribution in [2.45, 2.75) is 32.2 Å². The summed E-state index contributed by atoms with van der Waals surface area (Å²) in [6.07, 6.45) is 8.86. The van der Waals surface area contributed by atoms with Gasteiger partial charge in [-0.15, -0.1) is 0 Å². The van der Waals surface area contributed by atoms with E-state index >= 15 is 0 Å². The summed E-state index contributed by atoms with van der Waals surface area (Å²) in [7, 11) is 0. The molecule has 0 unspecified atom stereocenters. The zero-order valence-electron chi connectivity index (χ0n) is 14.3. The number of imidazole rings is 1. The minimum absolute atomic E-state index is 0.0131. The fraction of sp³-hybridized carbons (Fsp3) is 0.238. The molecule has 0 radical (unpaired) electrons. The molecule has 0 saturated carbocycles. The highest BCUT2D eigenvalue weighted by atomic mass is 16.1. The number of benzene rings is 2. The molecule has 0 saturated heterocycles. The number of aryl methyl sites for hydroxylation is 2. The number of aromatic nitrogens is 2. The number of rotatable bonds is 4. The van der Waals surface area contributed by atoms with Crippen LogP contribution in [-0.4, -0.2) is 15.5 Å². The lowest BCUT2D eigenvalue weighted by Gasteiger charge is -2.15. The Kier molecular flexibility index (Phi) is 4.10. The third-order valence-corrected chi connectivity index (χ3v) is 4.90. The van der Waals surface area contributed by atoms with E-state index in [9.17, 15) is 4.79 Å². The Bertz CT molecular complexity index is 882. The van der Waals surface area contributed by atoms with Gasteiger partial charge >= 0.3 is 0 Å². The summed E-state index contributed by atoms with van der Waals surface area (Å²) < 4.78 is 1.96. The van der Waals surface area contributed by atoms with E-state index < -0.39 is 0 Å². The molecule has 0 spiro atoms. The molecule has 1 N–H and O–H groups in total. The van der Waals surface area contributed by atoms with Gasteiger partial charge in [-0.25, -0.2) is 4.98 Å². The number of nitrogens with one attached hydrogen (secondary N) is 1. The van der Waals surface area contributed by atoms with Crippen LogP contribution in [0.5, 0.6) is 0 Å². The van der Waals surface area contributed by atoms with E-state index in [4.69, 9.17) is 0 Å². The van der Waals surface area contributed by atoms with Gasteiger partial charge < -0.3 is 9.88 Å². The van der Waals surface area contributed by atoms with Gasteiger partial charge in [-0.2, -0.15) is 0 Å². The van der Waals surface area contributed by atoms with Gasteiger partial charge in [0.05, 0.1) is 12.4 Å². The molecule has 1 atom stereocenters. The second-order valence-corrected chi connectivity index (χ2v) is 6.59. The minimum atomic E-state index is -0.0439. The van der Waals surface area contributed by atoms with E-state index in [-0.39, 0.29) is 11.9 Å². The van der Waals surface area contributed by atoms with Gasteiger partial charge in [0, 0.05) is 23.6 Å². The van der Waals surface area contributed by atoms with Crippen molar-refractivity contribution in [3.05, 3.63) is 83.4 Å². The van der Waals surface area contributed by atoms with Crippen LogP contribution in [0.3, 0.4) is 0 Å². The molecule has 0 fully saturated rings. The number of nitrogens with zero attached hydrogens (tertiary/aromatic N) is 2. The molecule has 0 aliphatic heterocycles. The second kappa shape index (κ2) is 6.55. The molecule has 1 aliphatic rings. The van der Waals surface area contributed by atoms with Gasteiger partial charge in [0.25, 0.3) is 5.91 Å². The van der Waals surface area contributed by atoms with Crippen LogP contribution in [-0.2, 0) is 12.8 Å². The Hall–Kier alpha value is -2.88. The molecule has 3 aromatic rings. The van der Waals surface area contributed by atoms with E-state index in [1.165, 1.54) is 17.5 Å². The first-order valence-corrected chi connectivity index (χ1v) is 8.72. The van der Waals surface area contributed by atoms with Crippen molar-refractivity contribution in [3.8, 4) is 5.69 Å². The van der Waals surface area contributed by atoms with Gasteiger partial charge in [-0.1, -0.05) is 18.2 Å². The molecule has 1 aliphatic carbocycles. The summed E-state index contributed by atoms with van der Waals surface area (Å²) in [5.41, 5.74) is 5.60. The highest BCUT2D eigenvalue weighted by Crippen LogP contribution is 2.23. The Morgan fingerprint density at radius 2 is 1.92 bits per heavy atom. The summed E-state index contributed by atoms with van der Waals surface area (Å²) in [5, 5.41) is 3.10. The summed E-state index contributed by atoms with van der Waals surface area (Å²) in [4.78, 5) is 16.6. The Balaban J connectivity index is 1.46. The van der Waals surface area contributed by atoms with E-state index in [1.807, 2.05) is 54.1 Å². The number of fused-ring (bicyclic) bond motifs is 1. The van der Waals surface area contributed by atoms with Crippen molar-refractivity contribution in [3.63, 3.8) is 0 Å². The van der Waals surface area contributed by atoms with Crippen molar-refractivity contribution in [1.82, 2.24) is 14.9 Å². The van der Waals surface area contributed by atoms with Crippen LogP contribution in [0.4, 0.5) is 0 Å². The van der Waals surface area contributed by atoms with Crippen LogP contribution in [0.15, 0.2) is 61.2 Å². The molecule has 2 aromatic carbocycles. The standard InChI is InChI=1S/C21H21N3O/c1-15(16-7-9-20(10-8-16)24-12-11-22-14-24)23-21(25)19-6-5-17-3-2-4-18(17)13-19/h5-15H,2-4H2,1H3,(H,23,25)/t15-/m0/s1. The quantitative estimate of drug-likeness (QED) is 0.789. The molecule has 1 aromatic heterocycles. The predicted molar refractivity (Wildman–Crippen MR) is 97.9 cm³/mol. The fourth-order valence-electron chi connectivity index (χ4n) is 3.42. The van der Waals surface area contributed by atoms with Crippen molar-refractivity contribution in [1.29, 1.82) is 0 Å². The van der Waals surface area contributed by atoms with Gasteiger partial charge in [0.15, 0.2) is 0 Å². The molecular formula is C21H21N3O. The third kappa shape index (κ3) is 3.20. The van der Waals surface area contributed by atoms with Crippen LogP contribution < -0.4 is 5.32 Å². The molecule has 4 rings (SSSR count). The summed E-state index contributed by atoms with van der Waals surface area (Å²) >= 11 is 0. The van der Waals surface area contributed by atoms with Crippen LogP contribution >= 0.6 is 0 Å². The summed E-state index contributed by atoms with van der Waals surface area (Å²) in [5.74, 6) is -0.0131. The molecule has 4 nitrogen and oxygen atoms in total. The average Bonchev–Trinajstić information content (AvgIpc) is 3.32. The monoisotopic (exact) mass is 331 g/mol. The van der Waals surface area contributed by atoms with E-state index in [1.54, 1.807) is 12.5 Å². The van der Waals surface area contributed by atoms with E-state index in [0.717, 1.165) is 29.7 Å². The van der Waals surface area contributed by atoms with Crippen molar-refractivity contribution < 1.29 is 4.79 Å². The molecular weight excluding hydrogens is 310 g/mol. The number of hydrogen-bond acceptors (Lipinski definition) is 2. The fourth-order valence-corrected chi connectivity index (χ4v) is 3.42. The maximum atomic E-state index is 12.6.